The minimum atomic E-state index is -4.58. The van der Waals surface area contributed by atoms with Gasteiger partial charge >= 0.3 is 6.18 Å². The summed E-state index contributed by atoms with van der Waals surface area (Å²) in [5.74, 6) is -1.38. The Morgan fingerprint density at radius 2 is 1.71 bits per heavy atom. The molecule has 0 bridgehead atoms. The summed E-state index contributed by atoms with van der Waals surface area (Å²) in [6.07, 6.45) is -1.76. The van der Waals surface area contributed by atoms with Crippen LogP contribution in [0.1, 0.15) is 31.8 Å². The monoisotopic (exact) mass is 449 g/mol. The SMILES string of the molecule is O=C(Nc1ccc(Cl)c(C(=O)Nc2cncc(CO)c2)c1)c1cccc(C(F)(F)F)c1. The number of hydrogen-bond acceptors (Lipinski definition) is 4. The second-order valence-electron chi connectivity index (χ2n) is 6.42. The van der Waals surface area contributed by atoms with Crippen LogP contribution in [0, 0.1) is 0 Å². The summed E-state index contributed by atoms with van der Waals surface area (Å²) in [6, 6.07) is 9.59. The molecule has 10 heteroatoms. The first kappa shape index (κ1) is 22.3. The van der Waals surface area contributed by atoms with Crippen molar-refractivity contribution >= 4 is 34.8 Å². The van der Waals surface area contributed by atoms with Gasteiger partial charge in [-0.3, -0.25) is 14.6 Å². The molecule has 31 heavy (non-hydrogen) atoms. The Labute approximate surface area is 179 Å². The number of rotatable bonds is 5. The summed E-state index contributed by atoms with van der Waals surface area (Å²) >= 11 is 6.09. The van der Waals surface area contributed by atoms with Gasteiger partial charge in [-0.05, 0) is 48.0 Å². The topological polar surface area (TPSA) is 91.3 Å². The van der Waals surface area contributed by atoms with E-state index in [0.717, 1.165) is 18.2 Å². The molecule has 0 aliphatic rings. The van der Waals surface area contributed by atoms with Gasteiger partial charge in [0.15, 0.2) is 0 Å². The van der Waals surface area contributed by atoms with E-state index in [2.05, 4.69) is 15.6 Å². The van der Waals surface area contributed by atoms with Gasteiger partial charge in [-0.15, -0.1) is 0 Å². The van der Waals surface area contributed by atoms with Crippen molar-refractivity contribution in [3.8, 4) is 0 Å². The molecule has 3 N–H and O–H groups in total. The van der Waals surface area contributed by atoms with Crippen LogP contribution in [0.3, 0.4) is 0 Å². The number of nitrogens with one attached hydrogen (secondary N) is 2. The second kappa shape index (κ2) is 9.15. The maximum atomic E-state index is 12.9. The Kier molecular flexibility index (Phi) is 6.57. The van der Waals surface area contributed by atoms with E-state index in [1.54, 1.807) is 0 Å². The number of aliphatic hydroxyl groups is 1. The third-order valence-corrected chi connectivity index (χ3v) is 4.49. The van der Waals surface area contributed by atoms with Crippen molar-refractivity contribution in [2.45, 2.75) is 12.8 Å². The average molecular weight is 450 g/mol. The van der Waals surface area contributed by atoms with E-state index < -0.39 is 23.6 Å². The first-order valence-corrected chi connectivity index (χ1v) is 9.19. The number of carbonyl (C=O) groups excluding carboxylic acids is 2. The highest BCUT2D eigenvalue weighted by Crippen LogP contribution is 2.30. The lowest BCUT2D eigenvalue weighted by Crippen LogP contribution is -2.16. The summed E-state index contributed by atoms with van der Waals surface area (Å²) < 4.78 is 38.6. The zero-order chi connectivity index (χ0) is 22.6. The standard InChI is InChI=1S/C21H15ClF3N3O3/c22-18-5-4-15(27-19(30)13-2-1-3-14(7-13)21(23,24)25)8-17(18)20(31)28-16-6-12(11-29)9-26-10-16/h1-10,29H,11H2,(H,27,30)(H,28,31). The number of amides is 2. The molecule has 3 aromatic rings. The molecule has 0 unspecified atom stereocenters. The molecule has 1 aromatic heterocycles. The van der Waals surface area contributed by atoms with E-state index in [9.17, 15) is 22.8 Å². The third kappa shape index (κ3) is 5.59. The summed E-state index contributed by atoms with van der Waals surface area (Å²) in [5, 5.41) is 14.3. The number of halogens is 4. The molecule has 1 heterocycles. The number of hydrogen-bond donors (Lipinski definition) is 3. The minimum absolute atomic E-state index is 0.0258. The fourth-order valence-corrected chi connectivity index (χ4v) is 2.86. The van der Waals surface area contributed by atoms with E-state index in [1.807, 2.05) is 0 Å². The fourth-order valence-electron chi connectivity index (χ4n) is 2.66. The Morgan fingerprint density at radius 1 is 0.968 bits per heavy atom. The van der Waals surface area contributed by atoms with Gasteiger partial charge in [0.05, 0.1) is 34.6 Å². The zero-order valence-corrected chi connectivity index (χ0v) is 16.5. The van der Waals surface area contributed by atoms with Gasteiger partial charge in [0.1, 0.15) is 0 Å². The van der Waals surface area contributed by atoms with Gasteiger partial charge in [-0.1, -0.05) is 17.7 Å². The first-order valence-electron chi connectivity index (χ1n) is 8.81. The van der Waals surface area contributed by atoms with Crippen LogP contribution in [-0.4, -0.2) is 21.9 Å². The van der Waals surface area contributed by atoms with Crippen molar-refractivity contribution in [3.05, 3.63) is 88.2 Å². The van der Waals surface area contributed by atoms with E-state index in [-0.39, 0.29) is 28.4 Å². The number of carbonyl (C=O) groups is 2. The van der Waals surface area contributed by atoms with E-state index in [0.29, 0.717) is 11.3 Å². The van der Waals surface area contributed by atoms with Crippen LogP contribution in [-0.2, 0) is 12.8 Å². The molecule has 0 radical (unpaired) electrons. The molecular weight excluding hydrogens is 435 g/mol. The predicted molar refractivity (Wildman–Crippen MR) is 109 cm³/mol. The summed E-state index contributed by atoms with van der Waals surface area (Å²) in [7, 11) is 0. The fraction of sp³-hybridized carbons (Fsp3) is 0.0952. The maximum absolute atomic E-state index is 12.9. The van der Waals surface area contributed by atoms with Crippen molar-refractivity contribution in [3.63, 3.8) is 0 Å². The number of anilines is 2. The van der Waals surface area contributed by atoms with Crippen LogP contribution in [0.25, 0.3) is 0 Å². The van der Waals surface area contributed by atoms with Crippen molar-refractivity contribution in [2.75, 3.05) is 10.6 Å². The number of aliphatic hydroxyl groups excluding tert-OH is 1. The quantitative estimate of drug-likeness (QED) is 0.524. The van der Waals surface area contributed by atoms with Crippen molar-refractivity contribution < 1.29 is 27.9 Å². The lowest BCUT2D eigenvalue weighted by atomic mass is 10.1. The lowest BCUT2D eigenvalue weighted by molar-refractivity contribution is -0.137. The Hall–Kier alpha value is -3.43. The summed E-state index contributed by atoms with van der Waals surface area (Å²) in [4.78, 5) is 28.8. The molecule has 6 nitrogen and oxygen atoms in total. The number of pyridine rings is 1. The number of alkyl halides is 3. The van der Waals surface area contributed by atoms with Crippen molar-refractivity contribution in [1.29, 1.82) is 0 Å². The Balaban J connectivity index is 1.79. The smallest absolute Gasteiger partial charge is 0.392 e. The highest BCUT2D eigenvalue weighted by atomic mass is 35.5. The van der Waals surface area contributed by atoms with Crippen LogP contribution < -0.4 is 10.6 Å². The van der Waals surface area contributed by atoms with E-state index in [1.165, 1.54) is 42.7 Å². The zero-order valence-electron chi connectivity index (χ0n) is 15.7. The first-order chi connectivity index (χ1) is 14.7. The van der Waals surface area contributed by atoms with Crippen molar-refractivity contribution in [1.82, 2.24) is 4.98 Å². The molecule has 0 saturated carbocycles. The molecule has 0 saturated heterocycles. The normalized spacial score (nSPS) is 11.1. The van der Waals surface area contributed by atoms with Crippen LogP contribution in [0.15, 0.2) is 60.9 Å². The van der Waals surface area contributed by atoms with Gasteiger partial charge in [0, 0.05) is 17.4 Å². The second-order valence-corrected chi connectivity index (χ2v) is 6.83. The van der Waals surface area contributed by atoms with Crippen LogP contribution >= 0.6 is 11.6 Å². The van der Waals surface area contributed by atoms with Crippen molar-refractivity contribution in [2.24, 2.45) is 0 Å². The Bertz CT molecular complexity index is 1140. The number of aromatic nitrogens is 1. The molecular formula is C21H15ClF3N3O3. The molecule has 0 aliphatic carbocycles. The van der Waals surface area contributed by atoms with E-state index >= 15 is 0 Å². The van der Waals surface area contributed by atoms with Gasteiger partial charge in [-0.2, -0.15) is 13.2 Å². The molecule has 3 rings (SSSR count). The molecule has 0 fully saturated rings. The van der Waals surface area contributed by atoms with E-state index in [4.69, 9.17) is 16.7 Å². The van der Waals surface area contributed by atoms with Crippen LogP contribution in [0.4, 0.5) is 24.5 Å². The maximum Gasteiger partial charge on any atom is 0.416 e. The highest BCUT2D eigenvalue weighted by Gasteiger charge is 2.30. The minimum Gasteiger partial charge on any atom is -0.392 e. The molecule has 0 spiro atoms. The average Bonchev–Trinajstić information content (AvgIpc) is 2.74. The summed E-state index contributed by atoms with van der Waals surface area (Å²) in [5.41, 5.74) is -0.133. The highest BCUT2D eigenvalue weighted by molar-refractivity contribution is 6.34. The van der Waals surface area contributed by atoms with Gasteiger partial charge < -0.3 is 15.7 Å². The third-order valence-electron chi connectivity index (χ3n) is 4.16. The van der Waals surface area contributed by atoms with Crippen LogP contribution in [0.5, 0.6) is 0 Å². The molecule has 0 atom stereocenters. The Morgan fingerprint density at radius 3 is 2.42 bits per heavy atom. The van der Waals surface area contributed by atoms with Gasteiger partial charge in [0.2, 0.25) is 0 Å². The van der Waals surface area contributed by atoms with Gasteiger partial charge in [-0.25, -0.2) is 0 Å². The molecule has 0 aliphatic heterocycles. The predicted octanol–water partition coefficient (Wildman–Crippen LogP) is 4.75. The number of nitrogens with zero attached hydrogens (tertiary/aromatic N) is 1. The molecule has 160 valence electrons. The van der Waals surface area contributed by atoms with Crippen LogP contribution in [0.2, 0.25) is 5.02 Å². The molecule has 2 amide bonds. The summed E-state index contributed by atoms with van der Waals surface area (Å²) in [6.45, 7) is -0.255. The van der Waals surface area contributed by atoms with Gasteiger partial charge in [0.25, 0.3) is 11.8 Å². The lowest BCUT2D eigenvalue weighted by Gasteiger charge is -2.11. The molecule has 2 aromatic carbocycles. The largest absolute Gasteiger partial charge is 0.416 e. The number of benzene rings is 2.